The molecule has 0 spiro atoms. The SMILES string of the molecule is COc1cc2c(c(OC)c1OC)-c1ccc(NC(C)C(=O)N3CCCN(S(=O)(=O)N4CCCC4)CC3)c(=O)cc1C(NC(C)=O)CC2. The maximum absolute atomic E-state index is 13.7. The number of ether oxygens (including phenoxy) is 3. The first-order valence-electron chi connectivity index (χ1n) is 16.1. The van der Waals surface area contributed by atoms with Gasteiger partial charge in [-0.25, -0.2) is 0 Å². The lowest BCUT2D eigenvalue weighted by Crippen LogP contribution is -2.46. The zero-order valence-electron chi connectivity index (χ0n) is 27.8. The van der Waals surface area contributed by atoms with Gasteiger partial charge in [0.05, 0.1) is 33.1 Å². The number of carbonyl (C=O) groups excluding carboxylic acids is 2. The van der Waals surface area contributed by atoms with Gasteiger partial charge in [-0.15, -0.1) is 0 Å². The van der Waals surface area contributed by atoms with Crippen LogP contribution in [0.25, 0.3) is 11.1 Å². The molecule has 47 heavy (non-hydrogen) atoms. The molecule has 0 saturated carbocycles. The maximum Gasteiger partial charge on any atom is 0.282 e. The quantitative estimate of drug-likeness (QED) is 0.411. The average molecular weight is 672 g/mol. The van der Waals surface area contributed by atoms with Crippen LogP contribution < -0.4 is 30.3 Å². The van der Waals surface area contributed by atoms with E-state index in [1.54, 1.807) is 38.2 Å². The lowest BCUT2D eigenvalue weighted by molar-refractivity contribution is -0.131. The van der Waals surface area contributed by atoms with Crippen molar-refractivity contribution >= 4 is 27.7 Å². The summed E-state index contributed by atoms with van der Waals surface area (Å²) in [5, 5.41) is 6.11. The molecule has 2 saturated heterocycles. The fraction of sp³-hybridized carbons (Fsp3) is 0.545. The summed E-state index contributed by atoms with van der Waals surface area (Å²) in [6, 6.07) is 5.63. The van der Waals surface area contributed by atoms with Gasteiger partial charge in [-0.2, -0.15) is 17.0 Å². The molecular weight excluding hydrogens is 626 g/mol. The highest BCUT2D eigenvalue weighted by atomic mass is 32.2. The molecule has 0 radical (unpaired) electrons. The van der Waals surface area contributed by atoms with Crippen molar-refractivity contribution in [2.45, 2.75) is 58.0 Å². The second-order valence-corrected chi connectivity index (χ2v) is 14.1. The fourth-order valence-electron chi connectivity index (χ4n) is 6.82. The van der Waals surface area contributed by atoms with E-state index in [4.69, 9.17) is 14.2 Å². The summed E-state index contributed by atoms with van der Waals surface area (Å²) in [6.07, 6.45) is 3.34. The Morgan fingerprint density at radius 1 is 0.894 bits per heavy atom. The summed E-state index contributed by atoms with van der Waals surface area (Å²) in [4.78, 5) is 41.3. The molecule has 2 aliphatic heterocycles. The molecular formula is C33H45N5O8S. The minimum absolute atomic E-state index is 0.217. The molecule has 2 aromatic carbocycles. The van der Waals surface area contributed by atoms with Crippen LogP contribution in [0.1, 0.15) is 56.7 Å². The lowest BCUT2D eigenvalue weighted by atomic mass is 9.95. The topological polar surface area (TPSA) is 147 Å². The van der Waals surface area contributed by atoms with Crippen LogP contribution in [-0.4, -0.2) is 100 Å². The van der Waals surface area contributed by atoms with Crippen molar-refractivity contribution < 1.29 is 32.2 Å². The summed E-state index contributed by atoms with van der Waals surface area (Å²) >= 11 is 0. The summed E-state index contributed by atoms with van der Waals surface area (Å²) in [7, 11) is 1.07. The third kappa shape index (κ3) is 7.04. The molecule has 2 N–H and O–H groups in total. The van der Waals surface area contributed by atoms with Crippen molar-refractivity contribution in [2.24, 2.45) is 0 Å². The van der Waals surface area contributed by atoms with Crippen molar-refractivity contribution in [3.63, 3.8) is 0 Å². The van der Waals surface area contributed by atoms with Crippen LogP contribution in [0.15, 0.2) is 29.1 Å². The molecule has 1 aliphatic carbocycles. The van der Waals surface area contributed by atoms with Crippen LogP contribution >= 0.6 is 0 Å². The number of amides is 2. The van der Waals surface area contributed by atoms with E-state index >= 15 is 0 Å². The zero-order chi connectivity index (χ0) is 33.9. The van der Waals surface area contributed by atoms with Gasteiger partial charge in [0, 0.05) is 51.8 Å². The number of hydrogen-bond donors (Lipinski definition) is 2. The average Bonchev–Trinajstić information content (AvgIpc) is 3.36. The normalized spacial score (nSPS) is 19.4. The molecule has 0 aromatic heterocycles. The van der Waals surface area contributed by atoms with Gasteiger partial charge < -0.3 is 29.7 Å². The number of nitrogens with one attached hydrogen (secondary N) is 2. The van der Waals surface area contributed by atoms with Gasteiger partial charge in [0.25, 0.3) is 10.2 Å². The molecule has 2 unspecified atom stereocenters. The Bertz CT molecular complexity index is 1680. The highest BCUT2D eigenvalue weighted by molar-refractivity contribution is 7.86. The van der Waals surface area contributed by atoms with Crippen LogP contribution in [0, 0.1) is 0 Å². The maximum atomic E-state index is 13.7. The van der Waals surface area contributed by atoms with E-state index in [0.29, 0.717) is 73.8 Å². The standard InChI is InChI=1S/C33H45N5O8S/c1-21(33(41)36-13-8-16-38(18-17-36)47(42,43)37-14-6-7-15-37)34-27-12-10-24-25(20-28(27)40)26(35-22(2)39)11-9-23-19-29(44-3)31(45-4)32(46-5)30(23)24/h10,12,19-21,26H,6-9,11,13-18H2,1-5H3,(H,34,40)(H,35,39). The van der Waals surface area contributed by atoms with Gasteiger partial charge in [-0.1, -0.05) is 6.07 Å². The lowest BCUT2D eigenvalue weighted by Gasteiger charge is -2.27. The van der Waals surface area contributed by atoms with Crippen LogP contribution in [-0.2, 0) is 26.2 Å². The van der Waals surface area contributed by atoms with E-state index < -0.39 is 22.3 Å². The fourth-order valence-corrected chi connectivity index (χ4v) is 8.54. The Hall–Kier alpha value is -3.88. The number of carbonyl (C=O) groups is 2. The van der Waals surface area contributed by atoms with E-state index in [2.05, 4.69) is 10.6 Å². The molecule has 5 rings (SSSR count). The first kappa shape index (κ1) is 34.5. The van der Waals surface area contributed by atoms with E-state index in [1.807, 2.05) is 6.07 Å². The van der Waals surface area contributed by atoms with E-state index in [9.17, 15) is 22.8 Å². The molecule has 256 valence electrons. The number of aryl methyl sites for hydroxylation is 1. The molecule has 2 atom stereocenters. The van der Waals surface area contributed by atoms with Gasteiger partial charge in [0.1, 0.15) is 6.04 Å². The Balaban J connectivity index is 1.44. The second kappa shape index (κ2) is 14.5. The third-order valence-corrected chi connectivity index (χ3v) is 11.2. The molecule has 2 amide bonds. The molecule has 2 heterocycles. The highest BCUT2D eigenvalue weighted by Gasteiger charge is 2.34. The first-order valence-corrected chi connectivity index (χ1v) is 17.5. The Kier molecular flexibility index (Phi) is 10.6. The smallest absolute Gasteiger partial charge is 0.282 e. The summed E-state index contributed by atoms with van der Waals surface area (Å²) < 4.78 is 46.3. The minimum atomic E-state index is -3.55. The molecule has 2 aromatic rings. The van der Waals surface area contributed by atoms with E-state index in [1.165, 1.54) is 28.7 Å². The van der Waals surface area contributed by atoms with Gasteiger partial charge >= 0.3 is 0 Å². The summed E-state index contributed by atoms with van der Waals surface area (Å²) in [5.41, 5.74) is 2.82. The molecule has 2 fully saturated rings. The first-order chi connectivity index (χ1) is 22.5. The highest BCUT2D eigenvalue weighted by Crippen LogP contribution is 2.50. The van der Waals surface area contributed by atoms with Crippen molar-refractivity contribution in [3.8, 4) is 28.4 Å². The van der Waals surface area contributed by atoms with Gasteiger partial charge in [-0.3, -0.25) is 14.4 Å². The van der Waals surface area contributed by atoms with Gasteiger partial charge in [0.15, 0.2) is 11.5 Å². The Morgan fingerprint density at radius 2 is 1.57 bits per heavy atom. The number of nitrogens with zero attached hydrogens (tertiary/aromatic N) is 3. The molecule has 3 aliphatic rings. The zero-order valence-corrected chi connectivity index (χ0v) is 28.6. The number of rotatable bonds is 9. The minimum Gasteiger partial charge on any atom is -0.493 e. The van der Waals surface area contributed by atoms with Crippen molar-refractivity contribution in [1.29, 1.82) is 0 Å². The van der Waals surface area contributed by atoms with E-state index in [0.717, 1.165) is 24.0 Å². The molecule has 0 bridgehead atoms. The largest absolute Gasteiger partial charge is 0.493 e. The Morgan fingerprint density at radius 3 is 2.23 bits per heavy atom. The molecule has 14 heteroatoms. The van der Waals surface area contributed by atoms with Gasteiger partial charge in [0.2, 0.25) is 23.0 Å². The van der Waals surface area contributed by atoms with Crippen LogP contribution in [0.4, 0.5) is 5.69 Å². The van der Waals surface area contributed by atoms with Crippen molar-refractivity contribution in [1.82, 2.24) is 18.8 Å². The second-order valence-electron chi connectivity index (χ2n) is 12.2. The predicted molar refractivity (Wildman–Crippen MR) is 178 cm³/mol. The van der Waals surface area contributed by atoms with Crippen LogP contribution in [0.3, 0.4) is 0 Å². The number of anilines is 1. The summed E-state index contributed by atoms with van der Waals surface area (Å²) in [5.74, 6) is 0.915. The number of benzene rings is 1. The van der Waals surface area contributed by atoms with E-state index in [-0.39, 0.29) is 36.0 Å². The van der Waals surface area contributed by atoms with Crippen molar-refractivity contribution in [3.05, 3.63) is 45.6 Å². The van der Waals surface area contributed by atoms with Crippen molar-refractivity contribution in [2.75, 3.05) is 65.9 Å². The van der Waals surface area contributed by atoms with Crippen LogP contribution in [0.2, 0.25) is 0 Å². The number of hydrogen-bond acceptors (Lipinski definition) is 9. The Labute approximate surface area is 276 Å². The number of fused-ring (bicyclic) bond motifs is 3. The third-order valence-electron chi connectivity index (χ3n) is 9.14. The summed E-state index contributed by atoms with van der Waals surface area (Å²) in [6.45, 7) is 5.45. The molecule has 13 nitrogen and oxygen atoms in total. The van der Waals surface area contributed by atoms with Crippen LogP contribution in [0.5, 0.6) is 17.2 Å². The monoisotopic (exact) mass is 671 g/mol. The predicted octanol–water partition coefficient (Wildman–Crippen LogP) is 2.54. The number of methoxy groups -OCH3 is 3. The van der Waals surface area contributed by atoms with Gasteiger partial charge in [-0.05, 0) is 73.9 Å².